The number of piperidine rings is 2. The number of nitrogens with one attached hydrogen (secondary N) is 3. The second-order valence-corrected chi connectivity index (χ2v) is 17.0. The Hall–Kier alpha value is -7.14. The maximum Gasteiger partial charge on any atom is 0.276 e. The van der Waals surface area contributed by atoms with Crippen LogP contribution in [0.5, 0.6) is 11.5 Å². The van der Waals surface area contributed by atoms with Gasteiger partial charge in [-0.05, 0) is 80.1 Å². The van der Waals surface area contributed by atoms with Gasteiger partial charge in [-0.1, -0.05) is 29.5 Å². The van der Waals surface area contributed by atoms with Crippen molar-refractivity contribution in [1.82, 2.24) is 39.9 Å². The lowest BCUT2D eigenvalue weighted by molar-refractivity contribution is -0.136. The van der Waals surface area contributed by atoms with Crippen molar-refractivity contribution in [1.29, 1.82) is 0 Å². The van der Waals surface area contributed by atoms with E-state index in [1.54, 1.807) is 29.1 Å². The van der Waals surface area contributed by atoms with E-state index in [2.05, 4.69) is 26.3 Å². The van der Waals surface area contributed by atoms with Crippen molar-refractivity contribution in [3.8, 4) is 22.8 Å². The predicted octanol–water partition coefficient (Wildman–Crippen LogP) is 3.62. The van der Waals surface area contributed by atoms with Crippen LogP contribution in [0, 0.1) is 5.92 Å². The Bertz CT molecular complexity index is 2710. The normalized spacial score (nSPS) is 17.9. The molecule has 368 valence electrons. The van der Waals surface area contributed by atoms with Crippen molar-refractivity contribution < 1.29 is 47.7 Å². The van der Waals surface area contributed by atoms with Crippen LogP contribution in [0.25, 0.3) is 11.3 Å². The summed E-state index contributed by atoms with van der Waals surface area (Å²) in [6, 6.07) is 20.8. The van der Waals surface area contributed by atoms with Crippen LogP contribution in [0.4, 0.5) is 11.5 Å². The van der Waals surface area contributed by atoms with Gasteiger partial charge in [0.15, 0.2) is 5.69 Å². The number of ether oxygens (including phenoxy) is 4. The molecule has 5 aromatic rings. The summed E-state index contributed by atoms with van der Waals surface area (Å²) in [6.07, 6.45) is 4.11. The summed E-state index contributed by atoms with van der Waals surface area (Å²) in [4.78, 5) is 79.4. The molecular weight excluding hydrogens is 923 g/mol. The zero-order chi connectivity index (χ0) is 47.9. The molecule has 2 atom stereocenters. The van der Waals surface area contributed by atoms with E-state index in [0.717, 1.165) is 35.5 Å². The van der Waals surface area contributed by atoms with Crippen LogP contribution < -0.4 is 26.4 Å². The molecule has 0 aliphatic carbocycles. The molecule has 2 fully saturated rings. The molecule has 9 rings (SSSR count). The standard InChI is InChI=1S/C48H53N11O10.H2S/c49-43(61)41-42(31-9-11-33(12-10-31)69-32-5-2-1-3-6-32)54-59-37(15-18-51-44(41)59)30-16-20-56(21-17-30)47(64)36-29-57(55-53-36)22-24-67-26-28-68-27-25-66-23-19-50-35-8-4-7-34-40(35)48(65)58(46(34)63)38-13-14-39(60)52-45(38)62;/h1-12,29-30,37-38,50-51H,13-28H2,(H2,49,61)(H,52,60,62);1H2/t37-,38?;/m0./s1. The highest BCUT2D eigenvalue weighted by Crippen LogP contribution is 2.40. The zero-order valence-corrected chi connectivity index (χ0v) is 39.3. The lowest BCUT2D eigenvalue weighted by Gasteiger charge is -2.38. The Kier molecular flexibility index (Phi) is 15.9. The van der Waals surface area contributed by atoms with Crippen LogP contribution in [0.2, 0.25) is 0 Å². The molecule has 4 aliphatic rings. The van der Waals surface area contributed by atoms with Crippen molar-refractivity contribution in [2.75, 3.05) is 76.5 Å². The van der Waals surface area contributed by atoms with E-state index in [9.17, 15) is 28.8 Å². The number of nitrogens with zero attached hydrogens (tertiary/aromatic N) is 7. The monoisotopic (exact) mass is 977 g/mol. The van der Waals surface area contributed by atoms with Gasteiger partial charge in [0.25, 0.3) is 23.6 Å². The summed E-state index contributed by atoms with van der Waals surface area (Å²) in [5.41, 5.74) is 8.69. The Morgan fingerprint density at radius 3 is 2.24 bits per heavy atom. The third-order valence-corrected chi connectivity index (χ3v) is 12.7. The molecule has 0 radical (unpaired) electrons. The third-order valence-electron chi connectivity index (χ3n) is 12.7. The first kappa shape index (κ1) is 49.3. The van der Waals surface area contributed by atoms with Gasteiger partial charge in [-0.2, -0.15) is 18.6 Å². The first-order chi connectivity index (χ1) is 33.6. The Balaban J connectivity index is 0.00000659. The van der Waals surface area contributed by atoms with E-state index >= 15 is 0 Å². The first-order valence-corrected chi connectivity index (χ1v) is 23.1. The molecule has 1 unspecified atom stereocenters. The number of para-hydroxylation sites is 1. The van der Waals surface area contributed by atoms with Gasteiger partial charge in [-0.3, -0.25) is 39.0 Å². The van der Waals surface area contributed by atoms with E-state index in [4.69, 9.17) is 29.8 Å². The number of imide groups is 2. The number of rotatable bonds is 20. The summed E-state index contributed by atoms with van der Waals surface area (Å²) in [5, 5.41) is 22.0. The van der Waals surface area contributed by atoms with Crippen molar-refractivity contribution in [3.63, 3.8) is 0 Å². The van der Waals surface area contributed by atoms with Gasteiger partial charge >= 0.3 is 0 Å². The average Bonchev–Trinajstić information content (AvgIpc) is 4.07. The second-order valence-electron chi connectivity index (χ2n) is 17.0. The second kappa shape index (κ2) is 22.5. The fraction of sp³-hybridized carbons (Fsp3) is 0.396. The smallest absolute Gasteiger partial charge is 0.276 e. The number of likely N-dealkylation sites (tertiary alicyclic amines) is 1. The fourth-order valence-corrected chi connectivity index (χ4v) is 9.26. The Labute approximate surface area is 409 Å². The van der Waals surface area contributed by atoms with Gasteiger partial charge in [0.05, 0.1) is 69.6 Å². The molecule has 0 saturated carbocycles. The van der Waals surface area contributed by atoms with E-state index < -0.39 is 35.6 Å². The van der Waals surface area contributed by atoms with Crippen LogP contribution in [0.15, 0.2) is 79.0 Å². The molecule has 3 aromatic carbocycles. The predicted molar refractivity (Wildman–Crippen MR) is 258 cm³/mol. The molecular formula is C48H55N11O10S. The number of hydrogen-bond acceptors (Lipinski definition) is 15. The van der Waals surface area contributed by atoms with Crippen LogP contribution in [0.1, 0.15) is 79.7 Å². The minimum Gasteiger partial charge on any atom is -0.457 e. The SMILES string of the molecule is NC(=O)c1c(-c2ccc(Oc3ccccc3)cc2)nn2c1NCC[C@H]2C1CCN(C(=O)c2cn(CCOCCOCCOCCNc3cccc4c3C(=O)N(C3CCC(=O)NC3=O)C4=O)nn2)CC1.S. The van der Waals surface area contributed by atoms with Crippen LogP contribution in [0.3, 0.4) is 0 Å². The first-order valence-electron chi connectivity index (χ1n) is 23.1. The van der Waals surface area contributed by atoms with Gasteiger partial charge in [-0.15, -0.1) is 5.10 Å². The number of aromatic nitrogens is 5. The van der Waals surface area contributed by atoms with Crippen molar-refractivity contribution in [3.05, 3.63) is 101 Å². The number of anilines is 2. The van der Waals surface area contributed by atoms with Gasteiger partial charge in [-0.25, -0.2) is 9.36 Å². The topological polar surface area (TPSA) is 256 Å². The number of fused-ring (bicyclic) bond motifs is 2. The van der Waals surface area contributed by atoms with Crippen LogP contribution in [-0.2, 0) is 30.3 Å². The molecule has 2 aromatic heterocycles. The van der Waals surface area contributed by atoms with E-state index in [-0.39, 0.29) is 61.0 Å². The highest BCUT2D eigenvalue weighted by Gasteiger charge is 2.45. The largest absolute Gasteiger partial charge is 0.457 e. The summed E-state index contributed by atoms with van der Waals surface area (Å²) < 4.78 is 26.4. The van der Waals surface area contributed by atoms with Crippen molar-refractivity contribution >= 4 is 60.4 Å². The number of primary amides is 1. The molecule has 21 nitrogen and oxygen atoms in total. The Morgan fingerprint density at radius 1 is 0.800 bits per heavy atom. The summed E-state index contributed by atoms with van der Waals surface area (Å²) in [5.74, 6) is -0.727. The highest BCUT2D eigenvalue weighted by molar-refractivity contribution is 7.59. The van der Waals surface area contributed by atoms with Crippen molar-refractivity contribution in [2.24, 2.45) is 11.7 Å². The number of hydrogen-bond donors (Lipinski definition) is 4. The van der Waals surface area contributed by atoms with Gasteiger partial charge in [0.1, 0.15) is 34.6 Å². The molecule has 4 aliphatic heterocycles. The average molecular weight is 978 g/mol. The minimum absolute atomic E-state index is 0. The van der Waals surface area contributed by atoms with Crippen LogP contribution >= 0.6 is 13.5 Å². The summed E-state index contributed by atoms with van der Waals surface area (Å²) in [7, 11) is 0. The fourth-order valence-electron chi connectivity index (χ4n) is 9.26. The molecule has 0 spiro atoms. The molecule has 5 N–H and O–H groups in total. The summed E-state index contributed by atoms with van der Waals surface area (Å²) >= 11 is 0. The number of amides is 6. The molecule has 70 heavy (non-hydrogen) atoms. The zero-order valence-electron chi connectivity index (χ0n) is 38.3. The number of carbonyl (C=O) groups excluding carboxylic acids is 6. The Morgan fingerprint density at radius 2 is 1.51 bits per heavy atom. The lowest BCUT2D eigenvalue weighted by Crippen LogP contribution is -2.54. The lowest BCUT2D eigenvalue weighted by atomic mass is 9.86. The molecule has 2 saturated heterocycles. The summed E-state index contributed by atoms with van der Waals surface area (Å²) in [6.45, 7) is 4.53. The molecule has 6 amide bonds. The van der Waals surface area contributed by atoms with E-state index in [0.29, 0.717) is 101 Å². The minimum atomic E-state index is -1.03. The number of benzene rings is 3. The highest BCUT2D eigenvalue weighted by atomic mass is 32.1. The molecule has 6 heterocycles. The molecule has 0 bridgehead atoms. The van der Waals surface area contributed by atoms with Crippen LogP contribution in [-0.4, -0.2) is 142 Å². The quantitative estimate of drug-likeness (QED) is 0.0642. The van der Waals surface area contributed by atoms with Gasteiger partial charge < -0.3 is 40.2 Å². The van der Waals surface area contributed by atoms with Gasteiger partial charge in [0.2, 0.25) is 11.8 Å². The molecule has 22 heteroatoms. The number of carbonyl (C=O) groups is 6. The van der Waals surface area contributed by atoms with Crippen molar-refractivity contribution in [2.45, 2.75) is 50.7 Å². The number of nitrogens with two attached hydrogens (primary N) is 1. The van der Waals surface area contributed by atoms with E-state index in [1.807, 2.05) is 64.2 Å². The maximum absolute atomic E-state index is 13.5. The van der Waals surface area contributed by atoms with E-state index in [1.165, 1.54) is 0 Å². The maximum atomic E-state index is 13.5. The van der Waals surface area contributed by atoms with Gasteiger partial charge in [0, 0.05) is 43.9 Å². The third kappa shape index (κ3) is 10.8.